The number of carboxylic acids is 1. The maximum absolute atomic E-state index is 12.2. The number of aliphatic carboxylic acids is 1. The molecule has 0 spiro atoms. The molecule has 59 heavy (non-hydrogen) atoms. The van der Waals surface area contributed by atoms with E-state index in [1.54, 1.807) is 6.92 Å². The molecule has 5 atom stereocenters. The summed E-state index contributed by atoms with van der Waals surface area (Å²) in [5, 5.41) is 38.0. The molecule has 5 unspecified atom stereocenters. The first kappa shape index (κ1) is 61.2. The molecule has 0 radical (unpaired) electrons. The number of methoxy groups -OCH3 is 1. The number of unbranched alkanes of at least 4 members (excludes halogenated alkanes) is 4. The van der Waals surface area contributed by atoms with E-state index in [0.29, 0.717) is 45.5 Å². The van der Waals surface area contributed by atoms with Crippen LogP contribution in [0.4, 0.5) is 0 Å². The van der Waals surface area contributed by atoms with Crippen LogP contribution in [0, 0.1) is 11.8 Å². The number of hydrogen-bond acceptors (Lipinski definition) is 13. The molecule has 344 valence electrons. The van der Waals surface area contributed by atoms with Gasteiger partial charge in [0.15, 0.2) is 0 Å². The smallest absolute Gasteiger partial charge is 0.550 e. The average molecular weight is 983 g/mol. The van der Waals surface area contributed by atoms with Gasteiger partial charge in [0.05, 0.1) is 12.2 Å². The van der Waals surface area contributed by atoms with Gasteiger partial charge in [-0.2, -0.15) is 0 Å². The minimum absolute atomic E-state index is 0. The first-order chi connectivity index (χ1) is 27.8. The van der Waals surface area contributed by atoms with Gasteiger partial charge in [0.1, 0.15) is 6.10 Å². The van der Waals surface area contributed by atoms with Crippen LogP contribution >= 0.6 is 0 Å². The van der Waals surface area contributed by atoms with Gasteiger partial charge in [-0.25, -0.2) is 0 Å². The van der Waals surface area contributed by atoms with Crippen LogP contribution in [0.1, 0.15) is 91.4 Å². The molecule has 1 rings (SSSR count). The van der Waals surface area contributed by atoms with Crippen molar-refractivity contribution in [2.45, 2.75) is 120 Å². The number of nitrogens with one attached hydrogen (secondary N) is 2. The average Bonchev–Trinajstić information content (AvgIpc) is 3.16. The zero-order chi connectivity index (χ0) is 43.6. The molecule has 0 saturated heterocycles. The Bertz CT molecular complexity index is 969. The summed E-state index contributed by atoms with van der Waals surface area (Å²) in [5.74, 6) is -2.24. The van der Waals surface area contributed by atoms with E-state index in [9.17, 15) is 29.7 Å². The van der Waals surface area contributed by atoms with Gasteiger partial charge in [0.25, 0.3) is 0 Å². The Hall–Kier alpha value is 0.0890. The third-order valence-corrected chi connectivity index (χ3v) is 17.7. The van der Waals surface area contributed by atoms with Crippen molar-refractivity contribution in [3.8, 4) is 0 Å². The Morgan fingerprint density at radius 1 is 0.712 bits per heavy atom. The molecule has 18 heteroatoms. The van der Waals surface area contributed by atoms with E-state index in [0.717, 1.165) is 102 Å². The molecular weight excluding hydrogens is 897 g/mol. The summed E-state index contributed by atoms with van der Waals surface area (Å²) in [5.41, 5.74) is 11.4. The van der Waals surface area contributed by atoms with E-state index >= 15 is 0 Å². The third kappa shape index (κ3) is 32.4. The van der Waals surface area contributed by atoms with Crippen molar-refractivity contribution >= 4 is 44.0 Å². The normalized spacial score (nSPS) is 19.1. The molecule has 1 aliphatic carbocycles. The van der Waals surface area contributed by atoms with Gasteiger partial charge in [-0.15, -0.1) is 0 Å². The third-order valence-electron chi connectivity index (χ3n) is 10.4. The number of aliphatic hydroxyl groups is 2. The SMILES string of the molecule is CCCN(CCN)CCCCCN(C)CCNC(=O)CC[Se][Se]CCC(=O)NCCN(C)CCCCCN(CCC)CCN.COC1C(O)CC(C)C(C(=O)[O-])C1O.[Na+]. The van der Waals surface area contributed by atoms with Gasteiger partial charge in [-0.05, 0) is 38.3 Å². The molecule has 15 nitrogen and oxygen atoms in total. The Labute approximate surface area is 392 Å². The summed E-state index contributed by atoms with van der Waals surface area (Å²) in [6, 6.07) is 0. The number of ether oxygens (including phenoxy) is 1. The Morgan fingerprint density at radius 2 is 1.14 bits per heavy atom. The van der Waals surface area contributed by atoms with Gasteiger partial charge in [0.2, 0.25) is 0 Å². The second-order valence-corrected chi connectivity index (χ2v) is 23.5. The Balaban J connectivity index is 0. The fraction of sp³-hybridized carbons (Fsp3) is 0.927. The summed E-state index contributed by atoms with van der Waals surface area (Å²) < 4.78 is 4.85. The number of carbonyl (C=O) groups is 3. The van der Waals surface area contributed by atoms with Crippen molar-refractivity contribution in [2.75, 3.05) is 113 Å². The Kier molecular flexibility index (Phi) is 42.3. The number of nitrogens with zero attached hydrogens (tertiary/aromatic N) is 4. The topological polar surface area (TPSA) is 213 Å². The van der Waals surface area contributed by atoms with Gasteiger partial charge < -0.3 is 46.1 Å². The number of carboxylic acid groups (broad SMARTS) is 1. The summed E-state index contributed by atoms with van der Waals surface area (Å²) in [4.78, 5) is 44.7. The molecule has 0 aromatic heterocycles. The summed E-state index contributed by atoms with van der Waals surface area (Å²) in [7, 11) is 5.61. The fourth-order valence-electron chi connectivity index (χ4n) is 7.11. The maximum atomic E-state index is 12.2. The first-order valence-electron chi connectivity index (χ1n) is 21.9. The molecule has 0 heterocycles. The number of hydrogen-bond donors (Lipinski definition) is 6. The molecule has 0 aromatic rings. The second-order valence-electron chi connectivity index (χ2n) is 15.6. The minimum atomic E-state index is -1.29. The summed E-state index contributed by atoms with van der Waals surface area (Å²) in [6.07, 6.45) is 8.36. The monoisotopic (exact) mass is 984 g/mol. The number of amides is 2. The second kappa shape index (κ2) is 40.8. The minimum Gasteiger partial charge on any atom is -0.550 e. The zero-order valence-corrected chi connectivity index (χ0v) is 43.6. The first-order valence-corrected chi connectivity index (χ1v) is 28.7. The van der Waals surface area contributed by atoms with Crippen LogP contribution in [0.15, 0.2) is 0 Å². The van der Waals surface area contributed by atoms with Crippen molar-refractivity contribution in [3.63, 3.8) is 0 Å². The van der Waals surface area contributed by atoms with Crippen molar-refractivity contribution in [2.24, 2.45) is 23.3 Å². The van der Waals surface area contributed by atoms with Crippen LogP contribution in [0.3, 0.4) is 0 Å². The van der Waals surface area contributed by atoms with Gasteiger partial charge >= 0.3 is 226 Å². The molecule has 1 fully saturated rings. The van der Waals surface area contributed by atoms with E-state index in [4.69, 9.17) is 16.2 Å². The molecule has 8 N–H and O–H groups in total. The van der Waals surface area contributed by atoms with Crippen molar-refractivity contribution in [3.05, 3.63) is 0 Å². The molecule has 1 aliphatic rings. The van der Waals surface area contributed by atoms with Gasteiger partial charge in [-0.1, -0.05) is 20.8 Å². The van der Waals surface area contributed by atoms with Crippen LogP contribution < -0.4 is 56.8 Å². The quantitative estimate of drug-likeness (QED) is 0.0274. The molecule has 2 amide bonds. The van der Waals surface area contributed by atoms with Crippen molar-refractivity contribution in [1.82, 2.24) is 30.2 Å². The number of rotatable bonds is 35. The molecule has 0 aliphatic heterocycles. The zero-order valence-electron chi connectivity index (χ0n) is 38.2. The van der Waals surface area contributed by atoms with E-state index < -0.39 is 30.2 Å². The van der Waals surface area contributed by atoms with Crippen LogP contribution in [0.25, 0.3) is 0 Å². The number of nitrogens with two attached hydrogens (primary N) is 2. The fourth-order valence-corrected chi connectivity index (χ4v) is 13.1. The summed E-state index contributed by atoms with van der Waals surface area (Å²) >= 11 is 0.965. The Morgan fingerprint density at radius 3 is 1.51 bits per heavy atom. The molecule has 0 aromatic carbocycles. The predicted octanol–water partition coefficient (Wildman–Crippen LogP) is -3.16. The van der Waals surface area contributed by atoms with E-state index in [1.165, 1.54) is 58.5 Å². The van der Waals surface area contributed by atoms with Crippen LogP contribution in [-0.2, 0) is 19.1 Å². The number of likely N-dealkylation sites (N-methyl/N-ethyl adjacent to an activating group) is 2. The molecule has 0 bridgehead atoms. The van der Waals surface area contributed by atoms with E-state index in [2.05, 4.69) is 58.2 Å². The van der Waals surface area contributed by atoms with E-state index in [-0.39, 0.29) is 47.3 Å². The molecular formula is C41H85N8NaO7Se2. The van der Waals surface area contributed by atoms with Gasteiger partial charge in [0, 0.05) is 45.2 Å². The van der Waals surface area contributed by atoms with Gasteiger partial charge in [-0.3, -0.25) is 0 Å². The van der Waals surface area contributed by atoms with Crippen molar-refractivity contribution < 1.29 is 64.0 Å². The van der Waals surface area contributed by atoms with E-state index in [1.807, 2.05) is 0 Å². The standard InChI is InChI=1S/C32H70N8O2Se2.C9H16O5.Na/c1-5-19-39(25-15-33)23-11-7-9-21-37(3)27-17-35-31(41)13-29-43-44-30-14-32(42)36-18-28-38(4)22-10-8-12-24-40(20-6-2)26-16-34;1-4-3-5(10)8(14-2)7(11)6(4)9(12)13;/h5-30,33-34H2,1-4H3,(H,35,41)(H,36,42);4-8,10-11H,3H2,1-2H3,(H,12,13);/q;;+1/p-1. The van der Waals surface area contributed by atoms with Crippen LogP contribution in [-0.4, -0.2) is 205 Å². The van der Waals surface area contributed by atoms with Crippen LogP contribution in [0.5, 0.6) is 0 Å². The molecule has 1 saturated carbocycles. The summed E-state index contributed by atoms with van der Waals surface area (Å²) in [6.45, 7) is 19.6. The van der Waals surface area contributed by atoms with Crippen molar-refractivity contribution in [1.29, 1.82) is 0 Å². The van der Waals surface area contributed by atoms with Crippen LogP contribution in [0.2, 0.25) is 10.6 Å². The number of aliphatic hydroxyl groups excluding tert-OH is 2. The number of carbonyl (C=O) groups excluding carboxylic acids is 3. The predicted molar refractivity (Wildman–Crippen MR) is 236 cm³/mol.